The number of nitrogens with one attached hydrogen (secondary N) is 1. The van der Waals surface area contributed by atoms with Gasteiger partial charge in [-0.2, -0.15) is 0 Å². The number of hydrogen-bond acceptors (Lipinski definition) is 4. The molecule has 0 radical (unpaired) electrons. The molecule has 0 unspecified atom stereocenters. The van der Waals surface area contributed by atoms with Crippen LogP contribution in [0.1, 0.15) is 30.1 Å². The number of halogens is 1. The van der Waals surface area contributed by atoms with Crippen molar-refractivity contribution in [2.45, 2.75) is 19.8 Å². The van der Waals surface area contributed by atoms with Crippen LogP contribution < -0.4 is 10.1 Å². The fraction of sp³-hybridized carbons (Fsp3) is 0.235. The van der Waals surface area contributed by atoms with E-state index in [4.69, 9.17) is 16.3 Å². The van der Waals surface area contributed by atoms with Crippen molar-refractivity contribution in [3.05, 3.63) is 63.2 Å². The summed E-state index contributed by atoms with van der Waals surface area (Å²) in [5.74, 6) is 0.276. The van der Waals surface area contributed by atoms with Crippen molar-refractivity contribution in [1.29, 1.82) is 0 Å². The maximum absolute atomic E-state index is 12.2. The average Bonchev–Trinajstić information content (AvgIpc) is 2.56. The third kappa shape index (κ3) is 4.70. The summed E-state index contributed by atoms with van der Waals surface area (Å²) in [6.07, 6.45) is 2.04. The summed E-state index contributed by atoms with van der Waals surface area (Å²) in [5, 5.41) is 13.5. The predicted molar refractivity (Wildman–Crippen MR) is 92.9 cm³/mol. The summed E-state index contributed by atoms with van der Waals surface area (Å²) in [6, 6.07) is 10.9. The molecule has 0 saturated carbocycles. The largest absolute Gasteiger partial charge is 0.494 e. The van der Waals surface area contributed by atoms with Crippen LogP contribution in [0.25, 0.3) is 0 Å². The number of unbranched alkanes of at least 4 members (excludes halogenated alkanes) is 1. The summed E-state index contributed by atoms with van der Waals surface area (Å²) in [5.41, 5.74) is 0.429. The van der Waals surface area contributed by atoms with Gasteiger partial charge < -0.3 is 10.1 Å². The van der Waals surface area contributed by atoms with E-state index in [0.29, 0.717) is 12.3 Å². The van der Waals surface area contributed by atoms with Gasteiger partial charge in [0.15, 0.2) is 0 Å². The zero-order valence-electron chi connectivity index (χ0n) is 13.1. The highest BCUT2D eigenvalue weighted by Gasteiger charge is 2.16. The SMILES string of the molecule is CCCCOc1ccc(NC(=O)c2ccc(Cl)c([N+](=O)[O-])c2)cc1. The molecule has 0 saturated heterocycles. The second kappa shape index (κ2) is 8.31. The van der Waals surface area contributed by atoms with E-state index in [1.165, 1.54) is 12.1 Å². The van der Waals surface area contributed by atoms with Crippen LogP contribution in [0.2, 0.25) is 5.02 Å². The lowest BCUT2D eigenvalue weighted by atomic mass is 10.2. The van der Waals surface area contributed by atoms with Crippen molar-refractivity contribution >= 4 is 28.9 Å². The first-order chi connectivity index (χ1) is 11.5. The van der Waals surface area contributed by atoms with Crippen LogP contribution in [0.15, 0.2) is 42.5 Å². The standard InChI is InChI=1S/C17H17ClN2O4/c1-2-3-10-24-14-7-5-13(6-8-14)19-17(21)12-4-9-15(18)16(11-12)20(22)23/h4-9,11H,2-3,10H2,1H3,(H,19,21). The van der Waals surface area contributed by atoms with E-state index in [0.717, 1.165) is 24.7 Å². The predicted octanol–water partition coefficient (Wildman–Crippen LogP) is 4.68. The third-order valence-electron chi connectivity index (χ3n) is 3.28. The van der Waals surface area contributed by atoms with Gasteiger partial charge in [0.1, 0.15) is 10.8 Å². The maximum atomic E-state index is 12.2. The minimum Gasteiger partial charge on any atom is -0.494 e. The van der Waals surface area contributed by atoms with E-state index in [1.807, 2.05) is 0 Å². The lowest BCUT2D eigenvalue weighted by Gasteiger charge is -2.08. The maximum Gasteiger partial charge on any atom is 0.288 e. The number of ether oxygens (including phenoxy) is 1. The normalized spacial score (nSPS) is 10.2. The Hall–Kier alpha value is -2.60. The molecule has 0 fully saturated rings. The molecule has 0 spiro atoms. The van der Waals surface area contributed by atoms with Gasteiger partial charge in [-0.15, -0.1) is 0 Å². The van der Waals surface area contributed by atoms with Crippen molar-refractivity contribution in [3.8, 4) is 5.75 Å². The topological polar surface area (TPSA) is 81.5 Å². The fourth-order valence-corrected chi connectivity index (χ4v) is 2.15. The van der Waals surface area contributed by atoms with Crippen LogP contribution in [0, 0.1) is 10.1 Å². The molecular formula is C17H17ClN2O4. The van der Waals surface area contributed by atoms with Crippen LogP contribution in [0.5, 0.6) is 5.75 Å². The fourth-order valence-electron chi connectivity index (χ4n) is 1.97. The number of carbonyl (C=O) groups is 1. The van der Waals surface area contributed by atoms with Crippen LogP contribution in [0.4, 0.5) is 11.4 Å². The number of benzene rings is 2. The van der Waals surface area contributed by atoms with E-state index in [2.05, 4.69) is 12.2 Å². The Morgan fingerprint density at radius 2 is 1.96 bits per heavy atom. The third-order valence-corrected chi connectivity index (χ3v) is 3.60. The van der Waals surface area contributed by atoms with Gasteiger partial charge in [-0.3, -0.25) is 14.9 Å². The minimum atomic E-state index is -0.623. The summed E-state index contributed by atoms with van der Waals surface area (Å²) in [4.78, 5) is 22.4. The number of amides is 1. The van der Waals surface area contributed by atoms with Gasteiger partial charge in [-0.05, 0) is 42.8 Å². The smallest absolute Gasteiger partial charge is 0.288 e. The van der Waals surface area contributed by atoms with Gasteiger partial charge in [0.2, 0.25) is 0 Å². The lowest BCUT2D eigenvalue weighted by molar-refractivity contribution is -0.384. The Balaban J connectivity index is 2.04. The van der Waals surface area contributed by atoms with E-state index in [1.54, 1.807) is 24.3 Å². The molecule has 24 heavy (non-hydrogen) atoms. The molecule has 1 amide bonds. The molecule has 2 aromatic rings. The van der Waals surface area contributed by atoms with Crippen molar-refractivity contribution in [1.82, 2.24) is 0 Å². The summed E-state index contributed by atoms with van der Waals surface area (Å²) < 4.78 is 5.54. The monoisotopic (exact) mass is 348 g/mol. The van der Waals surface area contributed by atoms with Gasteiger partial charge in [0.05, 0.1) is 11.5 Å². The van der Waals surface area contributed by atoms with Crippen molar-refractivity contribution in [3.63, 3.8) is 0 Å². The molecule has 0 aliphatic carbocycles. The highest BCUT2D eigenvalue weighted by molar-refractivity contribution is 6.32. The lowest BCUT2D eigenvalue weighted by Crippen LogP contribution is -2.12. The molecule has 0 aromatic heterocycles. The zero-order valence-corrected chi connectivity index (χ0v) is 13.9. The Kier molecular flexibility index (Phi) is 6.14. The highest BCUT2D eigenvalue weighted by Crippen LogP contribution is 2.25. The molecule has 2 rings (SSSR count). The average molecular weight is 349 g/mol. The number of hydrogen-bond donors (Lipinski definition) is 1. The first kappa shape index (κ1) is 17.7. The summed E-state index contributed by atoms with van der Waals surface area (Å²) in [7, 11) is 0. The number of carbonyl (C=O) groups excluding carboxylic acids is 1. The highest BCUT2D eigenvalue weighted by atomic mass is 35.5. The number of rotatable bonds is 7. The molecule has 6 nitrogen and oxygen atoms in total. The van der Waals surface area contributed by atoms with E-state index in [9.17, 15) is 14.9 Å². The molecule has 1 N–H and O–H groups in total. The van der Waals surface area contributed by atoms with Crippen molar-refractivity contribution < 1.29 is 14.5 Å². The van der Waals surface area contributed by atoms with Gasteiger partial charge in [-0.1, -0.05) is 24.9 Å². The van der Waals surface area contributed by atoms with E-state index >= 15 is 0 Å². The van der Waals surface area contributed by atoms with Crippen LogP contribution >= 0.6 is 11.6 Å². The number of nitrogens with zero attached hydrogens (tertiary/aromatic N) is 1. The first-order valence-corrected chi connectivity index (χ1v) is 7.87. The number of anilines is 1. The molecule has 7 heteroatoms. The quantitative estimate of drug-likeness (QED) is 0.447. The van der Waals surface area contributed by atoms with Gasteiger partial charge in [0.25, 0.3) is 11.6 Å². The number of nitro groups is 1. The van der Waals surface area contributed by atoms with Gasteiger partial charge in [-0.25, -0.2) is 0 Å². The molecule has 0 atom stereocenters. The Morgan fingerprint density at radius 1 is 1.25 bits per heavy atom. The molecule has 2 aromatic carbocycles. The van der Waals surface area contributed by atoms with Crippen molar-refractivity contribution in [2.75, 3.05) is 11.9 Å². The minimum absolute atomic E-state index is 0.00914. The van der Waals surface area contributed by atoms with Crippen LogP contribution in [-0.2, 0) is 0 Å². The summed E-state index contributed by atoms with van der Waals surface area (Å²) >= 11 is 5.74. The second-order valence-corrected chi connectivity index (χ2v) is 5.51. The first-order valence-electron chi connectivity index (χ1n) is 7.49. The van der Waals surface area contributed by atoms with Gasteiger partial charge >= 0.3 is 0 Å². The Labute approximate surface area is 144 Å². The number of nitro benzene ring substituents is 1. The molecule has 0 aliphatic heterocycles. The van der Waals surface area contributed by atoms with E-state index in [-0.39, 0.29) is 16.3 Å². The zero-order chi connectivity index (χ0) is 17.5. The van der Waals surface area contributed by atoms with Crippen molar-refractivity contribution in [2.24, 2.45) is 0 Å². The Morgan fingerprint density at radius 3 is 2.58 bits per heavy atom. The Bertz CT molecular complexity index is 732. The van der Waals surface area contributed by atoms with Gasteiger partial charge in [0, 0.05) is 17.3 Å². The molecule has 0 bridgehead atoms. The second-order valence-electron chi connectivity index (χ2n) is 5.10. The van der Waals surface area contributed by atoms with E-state index < -0.39 is 10.8 Å². The van der Waals surface area contributed by atoms with Crippen LogP contribution in [-0.4, -0.2) is 17.4 Å². The van der Waals surface area contributed by atoms with Crippen LogP contribution in [0.3, 0.4) is 0 Å². The molecule has 126 valence electrons. The summed E-state index contributed by atoms with van der Waals surface area (Å²) in [6.45, 7) is 2.74. The molecule has 0 heterocycles. The molecule has 0 aliphatic rings. The molecular weight excluding hydrogens is 332 g/mol.